The molecule has 1 aliphatic heterocycles. The Morgan fingerprint density at radius 2 is 1.81 bits per heavy atom. The number of carboxylic acids is 1. The molecular weight excluding hydrogens is 360 g/mol. The average molecular weight is 384 g/mol. The predicted octanol–water partition coefficient (Wildman–Crippen LogP) is 1.03. The van der Waals surface area contributed by atoms with Crippen LogP contribution >= 0.6 is 0 Å². The van der Waals surface area contributed by atoms with Crippen LogP contribution in [0.3, 0.4) is 0 Å². The van der Waals surface area contributed by atoms with Crippen LogP contribution in [0.1, 0.15) is 31.1 Å². The van der Waals surface area contributed by atoms with Crippen molar-refractivity contribution in [1.29, 1.82) is 0 Å². The molecule has 0 radical (unpaired) electrons. The van der Waals surface area contributed by atoms with E-state index in [4.69, 9.17) is 9.84 Å². The van der Waals surface area contributed by atoms with Crippen LogP contribution in [0.5, 0.6) is 0 Å². The highest BCUT2D eigenvalue weighted by Gasteiger charge is 2.33. The van der Waals surface area contributed by atoms with Crippen molar-refractivity contribution in [2.24, 2.45) is 0 Å². The topological polar surface area (TPSA) is 104 Å². The summed E-state index contributed by atoms with van der Waals surface area (Å²) < 4.78 is 31.5. The van der Waals surface area contributed by atoms with Crippen LogP contribution in [0.25, 0.3) is 0 Å². The molecule has 1 aromatic carbocycles. The molecule has 1 N–H and O–H groups in total. The summed E-state index contributed by atoms with van der Waals surface area (Å²) in [6.07, 6.45) is -1.46. The molecule has 2 rings (SSSR count). The smallest absolute Gasteiger partial charge is 0.334 e. The Labute approximate surface area is 153 Å². The molecule has 1 amide bonds. The lowest BCUT2D eigenvalue weighted by Crippen LogP contribution is -2.51. The lowest BCUT2D eigenvalue weighted by molar-refractivity contribution is -0.160. The summed E-state index contributed by atoms with van der Waals surface area (Å²) in [5, 5.41) is 9.11. The zero-order valence-corrected chi connectivity index (χ0v) is 16.1. The minimum absolute atomic E-state index is 0.0470. The summed E-state index contributed by atoms with van der Waals surface area (Å²) in [6.45, 7) is 5.47. The Morgan fingerprint density at radius 1 is 1.23 bits per heavy atom. The van der Waals surface area contributed by atoms with E-state index in [1.807, 2.05) is 0 Å². The molecule has 0 spiro atoms. The normalized spacial score (nSPS) is 21.2. The van der Waals surface area contributed by atoms with Gasteiger partial charge < -0.3 is 14.7 Å². The number of aliphatic carboxylic acids is 1. The number of carbonyl (C=O) groups excluding carboxylic acids is 1. The highest BCUT2D eigenvalue weighted by Crippen LogP contribution is 2.19. The fourth-order valence-electron chi connectivity index (χ4n) is 2.65. The SMILES string of the molecule is CC(C)N(C)S(=O)(=O)c1ccc(C(=O)N2CC(C(=O)O)O[C@H](C)C2)cc1. The Bertz CT molecular complexity index is 775. The molecule has 1 fully saturated rings. The average Bonchev–Trinajstić information content (AvgIpc) is 2.59. The standard InChI is InChI=1S/C17H24N2O6S/c1-11(2)18(4)26(23,24)14-7-5-13(6-8-14)16(20)19-9-12(3)25-15(10-19)17(21)22/h5-8,11-12,15H,9-10H2,1-4H3,(H,21,22)/t12-,15?/m1/s1. The van der Waals surface area contributed by atoms with Crippen molar-refractivity contribution in [3.05, 3.63) is 29.8 Å². The summed E-state index contributed by atoms with van der Waals surface area (Å²) in [7, 11) is -2.12. The second kappa shape index (κ2) is 7.73. The number of sulfonamides is 1. The van der Waals surface area contributed by atoms with E-state index in [1.165, 1.54) is 40.5 Å². The van der Waals surface area contributed by atoms with Crippen LogP contribution in [0.15, 0.2) is 29.2 Å². The number of amides is 1. The number of nitrogens with zero attached hydrogens (tertiary/aromatic N) is 2. The van der Waals surface area contributed by atoms with E-state index in [0.29, 0.717) is 5.56 Å². The third-order valence-electron chi connectivity index (χ3n) is 4.33. The predicted molar refractivity (Wildman–Crippen MR) is 94.4 cm³/mol. The minimum Gasteiger partial charge on any atom is -0.479 e. The first-order valence-electron chi connectivity index (χ1n) is 8.29. The molecule has 0 aromatic heterocycles. The van der Waals surface area contributed by atoms with E-state index < -0.39 is 28.2 Å². The number of ether oxygens (including phenoxy) is 1. The van der Waals surface area contributed by atoms with Crippen molar-refractivity contribution in [2.45, 2.75) is 43.9 Å². The summed E-state index contributed by atoms with van der Waals surface area (Å²) in [5.74, 6) is -1.47. The zero-order chi connectivity index (χ0) is 19.6. The molecule has 1 aliphatic rings. The maximum absolute atomic E-state index is 12.6. The Morgan fingerprint density at radius 3 is 2.31 bits per heavy atom. The highest BCUT2D eigenvalue weighted by atomic mass is 32.2. The van der Waals surface area contributed by atoms with E-state index in [-0.39, 0.29) is 29.9 Å². The first-order valence-corrected chi connectivity index (χ1v) is 9.73. The quantitative estimate of drug-likeness (QED) is 0.813. The van der Waals surface area contributed by atoms with Gasteiger partial charge in [0.15, 0.2) is 6.10 Å². The van der Waals surface area contributed by atoms with Gasteiger partial charge in [0.05, 0.1) is 17.5 Å². The summed E-state index contributed by atoms with van der Waals surface area (Å²) in [6, 6.07) is 5.47. The van der Waals surface area contributed by atoms with E-state index in [0.717, 1.165) is 0 Å². The van der Waals surface area contributed by atoms with Gasteiger partial charge in [0, 0.05) is 25.2 Å². The van der Waals surface area contributed by atoms with Gasteiger partial charge >= 0.3 is 5.97 Å². The molecule has 9 heteroatoms. The van der Waals surface area contributed by atoms with E-state index >= 15 is 0 Å². The van der Waals surface area contributed by atoms with Crippen molar-refractivity contribution < 1.29 is 27.9 Å². The third kappa shape index (κ3) is 4.22. The van der Waals surface area contributed by atoms with E-state index in [2.05, 4.69) is 0 Å². The fourth-order valence-corrected chi connectivity index (χ4v) is 4.02. The molecule has 1 unspecified atom stereocenters. The van der Waals surface area contributed by atoms with Gasteiger partial charge in [-0.1, -0.05) is 0 Å². The summed E-state index contributed by atoms with van der Waals surface area (Å²) in [4.78, 5) is 25.3. The second-order valence-corrected chi connectivity index (χ2v) is 8.62. The van der Waals surface area contributed by atoms with Crippen molar-refractivity contribution in [3.8, 4) is 0 Å². The van der Waals surface area contributed by atoms with Crippen molar-refractivity contribution in [1.82, 2.24) is 9.21 Å². The van der Waals surface area contributed by atoms with Crippen molar-refractivity contribution >= 4 is 21.9 Å². The van der Waals surface area contributed by atoms with Gasteiger partial charge in [-0.15, -0.1) is 0 Å². The van der Waals surface area contributed by atoms with Gasteiger partial charge in [0.2, 0.25) is 10.0 Å². The van der Waals surface area contributed by atoms with Gasteiger partial charge in [-0.2, -0.15) is 4.31 Å². The number of benzene rings is 1. The number of rotatable bonds is 5. The van der Waals surface area contributed by atoms with Gasteiger partial charge in [-0.3, -0.25) is 4.79 Å². The Hall–Kier alpha value is -1.97. The maximum atomic E-state index is 12.6. The fraction of sp³-hybridized carbons (Fsp3) is 0.529. The summed E-state index contributed by atoms with van der Waals surface area (Å²) in [5.41, 5.74) is 0.300. The van der Waals surface area contributed by atoms with Crippen molar-refractivity contribution in [2.75, 3.05) is 20.1 Å². The van der Waals surface area contributed by atoms with Crippen LogP contribution in [-0.2, 0) is 19.6 Å². The molecule has 8 nitrogen and oxygen atoms in total. The molecule has 1 aromatic rings. The zero-order valence-electron chi connectivity index (χ0n) is 15.2. The monoisotopic (exact) mass is 384 g/mol. The molecule has 0 saturated carbocycles. The second-order valence-electron chi connectivity index (χ2n) is 6.62. The van der Waals surface area contributed by atoms with Gasteiger partial charge in [-0.25, -0.2) is 13.2 Å². The largest absolute Gasteiger partial charge is 0.479 e. The molecule has 0 bridgehead atoms. The highest BCUT2D eigenvalue weighted by molar-refractivity contribution is 7.89. The van der Waals surface area contributed by atoms with Crippen LogP contribution < -0.4 is 0 Å². The molecule has 1 saturated heterocycles. The molecule has 1 heterocycles. The Kier molecular flexibility index (Phi) is 6.05. The lowest BCUT2D eigenvalue weighted by Gasteiger charge is -2.35. The van der Waals surface area contributed by atoms with Gasteiger partial charge in [0.25, 0.3) is 5.91 Å². The number of carbonyl (C=O) groups is 2. The first-order chi connectivity index (χ1) is 12.0. The third-order valence-corrected chi connectivity index (χ3v) is 6.38. The van der Waals surface area contributed by atoms with Crippen molar-refractivity contribution in [3.63, 3.8) is 0 Å². The first kappa shape index (κ1) is 20.3. The van der Waals surface area contributed by atoms with E-state index in [9.17, 15) is 18.0 Å². The van der Waals surface area contributed by atoms with E-state index in [1.54, 1.807) is 20.8 Å². The van der Waals surface area contributed by atoms with Crippen LogP contribution in [0.4, 0.5) is 0 Å². The molecule has 144 valence electrons. The van der Waals surface area contributed by atoms with Gasteiger partial charge in [0.1, 0.15) is 0 Å². The Balaban J connectivity index is 2.20. The van der Waals surface area contributed by atoms with Crippen LogP contribution in [0, 0.1) is 0 Å². The van der Waals surface area contributed by atoms with Crippen LogP contribution in [-0.4, -0.2) is 73.0 Å². The van der Waals surface area contributed by atoms with Gasteiger partial charge in [-0.05, 0) is 45.0 Å². The number of morpholine rings is 1. The van der Waals surface area contributed by atoms with Crippen LogP contribution in [0.2, 0.25) is 0 Å². The maximum Gasteiger partial charge on any atom is 0.334 e. The summed E-state index contributed by atoms with van der Waals surface area (Å²) >= 11 is 0. The number of hydrogen-bond donors (Lipinski definition) is 1. The molecule has 0 aliphatic carbocycles. The number of carboxylic acid groups (broad SMARTS) is 1. The molecule has 26 heavy (non-hydrogen) atoms. The minimum atomic E-state index is -3.62. The number of hydrogen-bond acceptors (Lipinski definition) is 5. The molecule has 2 atom stereocenters. The lowest BCUT2D eigenvalue weighted by atomic mass is 10.1. The molecular formula is C17H24N2O6S.